The van der Waals surface area contributed by atoms with E-state index in [4.69, 9.17) is 4.74 Å². The molecule has 1 aromatic heterocycles. The van der Waals surface area contributed by atoms with Crippen LogP contribution >= 0.6 is 11.3 Å². The minimum absolute atomic E-state index is 0.240. The van der Waals surface area contributed by atoms with Crippen molar-refractivity contribution in [3.8, 4) is 6.07 Å². The number of ether oxygens (including phenoxy) is 1. The standard InChI is InChI=1S/C21H21N3O3S/c1-3-27-20(25)18-14(2)24(10-9-17-8-5-11-28-17)21(26)23-19(18)16-7-4-6-15(12-16)13-22/h4-8,11-12,19H,3,9-10H2,1-2H3,(H,23,26). The number of nitriles is 1. The molecular weight excluding hydrogens is 374 g/mol. The fraction of sp³-hybridized carbons (Fsp3) is 0.286. The number of rotatable bonds is 6. The van der Waals surface area contributed by atoms with Gasteiger partial charge in [-0.2, -0.15) is 5.26 Å². The van der Waals surface area contributed by atoms with Gasteiger partial charge in [0, 0.05) is 17.1 Å². The highest BCUT2D eigenvalue weighted by Crippen LogP contribution is 2.32. The molecule has 0 fully saturated rings. The summed E-state index contributed by atoms with van der Waals surface area (Å²) in [6.45, 7) is 4.21. The average molecular weight is 395 g/mol. The lowest BCUT2D eigenvalue weighted by molar-refractivity contribution is -0.139. The average Bonchev–Trinajstić information content (AvgIpc) is 3.21. The highest BCUT2D eigenvalue weighted by molar-refractivity contribution is 7.09. The molecular formula is C21H21N3O3S. The lowest BCUT2D eigenvalue weighted by Gasteiger charge is -2.35. The van der Waals surface area contributed by atoms with Crippen molar-refractivity contribution >= 4 is 23.3 Å². The summed E-state index contributed by atoms with van der Waals surface area (Å²) >= 11 is 1.63. The van der Waals surface area contributed by atoms with Crippen LogP contribution in [0.5, 0.6) is 0 Å². The van der Waals surface area contributed by atoms with Crippen molar-refractivity contribution < 1.29 is 14.3 Å². The van der Waals surface area contributed by atoms with Crippen LogP contribution in [0.15, 0.2) is 53.0 Å². The highest BCUT2D eigenvalue weighted by atomic mass is 32.1. The van der Waals surface area contributed by atoms with Crippen LogP contribution in [0.4, 0.5) is 4.79 Å². The molecule has 0 saturated heterocycles. The molecule has 144 valence electrons. The highest BCUT2D eigenvalue weighted by Gasteiger charge is 2.36. The number of nitrogens with zero attached hydrogens (tertiary/aromatic N) is 2. The maximum atomic E-state index is 12.8. The van der Waals surface area contributed by atoms with Crippen LogP contribution in [0.3, 0.4) is 0 Å². The Morgan fingerprint density at radius 3 is 2.86 bits per heavy atom. The predicted molar refractivity (Wildman–Crippen MR) is 106 cm³/mol. The molecule has 1 N–H and O–H groups in total. The SMILES string of the molecule is CCOC(=O)C1=C(C)N(CCc2cccs2)C(=O)NC1c1cccc(C#N)c1. The first-order valence-electron chi connectivity index (χ1n) is 9.03. The zero-order chi connectivity index (χ0) is 20.1. The zero-order valence-corrected chi connectivity index (χ0v) is 16.6. The summed E-state index contributed by atoms with van der Waals surface area (Å²) in [4.78, 5) is 28.3. The van der Waals surface area contributed by atoms with E-state index in [0.717, 1.165) is 0 Å². The van der Waals surface area contributed by atoms with E-state index in [1.54, 1.807) is 54.3 Å². The van der Waals surface area contributed by atoms with Crippen LogP contribution in [0.25, 0.3) is 0 Å². The molecule has 2 amide bonds. The van der Waals surface area contributed by atoms with E-state index in [1.165, 1.54) is 4.88 Å². The van der Waals surface area contributed by atoms with Gasteiger partial charge < -0.3 is 10.1 Å². The van der Waals surface area contributed by atoms with Crippen molar-refractivity contribution in [1.82, 2.24) is 10.2 Å². The molecule has 0 spiro atoms. The number of benzene rings is 1. The Morgan fingerprint density at radius 2 is 2.18 bits per heavy atom. The second-order valence-electron chi connectivity index (χ2n) is 6.32. The zero-order valence-electron chi connectivity index (χ0n) is 15.8. The van der Waals surface area contributed by atoms with Gasteiger partial charge in [0.25, 0.3) is 0 Å². The smallest absolute Gasteiger partial charge is 0.338 e. The molecule has 0 radical (unpaired) electrons. The first-order valence-corrected chi connectivity index (χ1v) is 9.91. The molecule has 1 aliphatic rings. The Kier molecular flexibility index (Phi) is 6.12. The van der Waals surface area contributed by atoms with E-state index < -0.39 is 12.0 Å². The number of nitrogens with one attached hydrogen (secondary N) is 1. The van der Waals surface area contributed by atoms with Gasteiger partial charge in [0.2, 0.25) is 0 Å². The van der Waals surface area contributed by atoms with E-state index in [9.17, 15) is 14.9 Å². The van der Waals surface area contributed by atoms with Gasteiger partial charge in [-0.25, -0.2) is 9.59 Å². The summed E-state index contributed by atoms with van der Waals surface area (Å²) in [7, 11) is 0. The first-order chi connectivity index (χ1) is 13.5. The summed E-state index contributed by atoms with van der Waals surface area (Å²) in [6, 6.07) is 12.1. The van der Waals surface area contributed by atoms with Crippen molar-refractivity contribution in [2.24, 2.45) is 0 Å². The molecule has 0 aliphatic carbocycles. The lowest BCUT2D eigenvalue weighted by atomic mass is 9.94. The lowest BCUT2D eigenvalue weighted by Crippen LogP contribution is -2.48. The number of hydrogen-bond donors (Lipinski definition) is 1. The third-order valence-electron chi connectivity index (χ3n) is 4.60. The molecule has 3 rings (SSSR count). The molecule has 1 aromatic carbocycles. The van der Waals surface area contributed by atoms with E-state index in [2.05, 4.69) is 11.4 Å². The number of urea groups is 1. The normalized spacial score (nSPS) is 16.5. The molecule has 0 saturated carbocycles. The molecule has 2 aromatic rings. The van der Waals surface area contributed by atoms with Crippen LogP contribution in [-0.2, 0) is 16.0 Å². The molecule has 6 nitrogen and oxygen atoms in total. The molecule has 7 heteroatoms. The van der Waals surface area contributed by atoms with Crippen molar-refractivity contribution in [1.29, 1.82) is 5.26 Å². The fourth-order valence-electron chi connectivity index (χ4n) is 3.24. The monoisotopic (exact) mass is 395 g/mol. The van der Waals surface area contributed by atoms with Gasteiger partial charge in [-0.15, -0.1) is 11.3 Å². The van der Waals surface area contributed by atoms with Gasteiger partial charge in [0.15, 0.2) is 0 Å². The van der Waals surface area contributed by atoms with Gasteiger partial charge in [-0.1, -0.05) is 18.2 Å². The summed E-state index contributed by atoms with van der Waals surface area (Å²) < 4.78 is 5.26. The third-order valence-corrected chi connectivity index (χ3v) is 5.54. The Balaban J connectivity index is 1.97. The second kappa shape index (κ2) is 8.72. The number of carbonyl (C=O) groups is 2. The third kappa shape index (κ3) is 4.07. The van der Waals surface area contributed by atoms with E-state index in [-0.39, 0.29) is 12.6 Å². The summed E-state index contributed by atoms with van der Waals surface area (Å²) in [6.07, 6.45) is 0.702. The minimum atomic E-state index is -0.655. The predicted octanol–water partition coefficient (Wildman–Crippen LogP) is 3.77. The van der Waals surface area contributed by atoms with Gasteiger partial charge >= 0.3 is 12.0 Å². The molecule has 0 bridgehead atoms. The summed E-state index contributed by atoms with van der Waals surface area (Å²) in [5.41, 5.74) is 2.11. The van der Waals surface area contributed by atoms with E-state index >= 15 is 0 Å². The first kappa shape index (κ1) is 19.6. The van der Waals surface area contributed by atoms with Gasteiger partial charge in [0.1, 0.15) is 0 Å². The number of esters is 1. The van der Waals surface area contributed by atoms with Crippen molar-refractivity contribution in [3.63, 3.8) is 0 Å². The largest absolute Gasteiger partial charge is 0.463 e. The van der Waals surface area contributed by atoms with Crippen molar-refractivity contribution in [2.45, 2.75) is 26.3 Å². The van der Waals surface area contributed by atoms with Crippen LogP contribution in [0.1, 0.15) is 35.9 Å². The number of hydrogen-bond acceptors (Lipinski definition) is 5. The van der Waals surface area contributed by atoms with E-state index in [0.29, 0.717) is 35.4 Å². The number of amides is 2. The Hall–Kier alpha value is -3.11. The minimum Gasteiger partial charge on any atom is -0.463 e. The Bertz CT molecular complexity index is 944. The van der Waals surface area contributed by atoms with Crippen LogP contribution in [-0.4, -0.2) is 30.1 Å². The molecule has 28 heavy (non-hydrogen) atoms. The Labute approximate surface area is 168 Å². The quantitative estimate of drug-likeness (QED) is 0.755. The molecule has 1 aliphatic heterocycles. The summed E-state index contributed by atoms with van der Waals surface area (Å²) in [5.74, 6) is -0.464. The maximum Gasteiger partial charge on any atom is 0.338 e. The van der Waals surface area contributed by atoms with Crippen LogP contribution in [0.2, 0.25) is 0 Å². The van der Waals surface area contributed by atoms with Gasteiger partial charge in [0.05, 0.1) is 29.9 Å². The van der Waals surface area contributed by atoms with Crippen LogP contribution < -0.4 is 5.32 Å². The molecule has 1 unspecified atom stereocenters. The van der Waals surface area contributed by atoms with Gasteiger partial charge in [-0.05, 0) is 49.4 Å². The molecule has 1 atom stereocenters. The van der Waals surface area contributed by atoms with Crippen molar-refractivity contribution in [2.75, 3.05) is 13.2 Å². The van der Waals surface area contributed by atoms with Crippen molar-refractivity contribution in [3.05, 3.63) is 69.1 Å². The number of allylic oxidation sites excluding steroid dienone is 1. The van der Waals surface area contributed by atoms with E-state index in [1.807, 2.05) is 17.5 Å². The maximum absolute atomic E-state index is 12.8. The van der Waals surface area contributed by atoms with Crippen LogP contribution in [0, 0.1) is 11.3 Å². The second-order valence-corrected chi connectivity index (χ2v) is 7.35. The Morgan fingerprint density at radius 1 is 1.36 bits per heavy atom. The molecule has 2 heterocycles. The summed E-state index contributed by atoms with van der Waals surface area (Å²) in [5, 5.41) is 14.1. The topological polar surface area (TPSA) is 82.4 Å². The number of thiophene rings is 1. The fourth-order valence-corrected chi connectivity index (χ4v) is 3.94. The van der Waals surface area contributed by atoms with Gasteiger partial charge in [-0.3, -0.25) is 4.90 Å². The number of carbonyl (C=O) groups excluding carboxylic acids is 2.